The van der Waals surface area contributed by atoms with Gasteiger partial charge in [-0.15, -0.1) is 0 Å². The standard InChI is InChI=1S/C10H12O3/c11-9-6-2-1-3-7(9)5-8(4-6)10(12)13/h1-2,6-8H,3-5H2,(H,12,13)/t6-,7+,8?/m0/s1. The molecule has 0 heterocycles. The van der Waals surface area contributed by atoms with E-state index in [0.29, 0.717) is 12.8 Å². The van der Waals surface area contributed by atoms with E-state index in [1.54, 1.807) is 0 Å². The van der Waals surface area contributed by atoms with Gasteiger partial charge in [0.15, 0.2) is 0 Å². The van der Waals surface area contributed by atoms with Crippen molar-refractivity contribution in [1.29, 1.82) is 0 Å². The van der Waals surface area contributed by atoms with Crippen LogP contribution in [-0.2, 0) is 9.59 Å². The molecule has 0 amide bonds. The molecule has 1 saturated carbocycles. The first-order chi connectivity index (χ1) is 6.18. The fourth-order valence-electron chi connectivity index (χ4n) is 2.28. The lowest BCUT2D eigenvalue weighted by molar-refractivity contribution is -0.145. The molecule has 3 heteroatoms. The average Bonchev–Trinajstić information content (AvgIpc) is 2.02. The molecule has 13 heavy (non-hydrogen) atoms. The molecule has 2 aliphatic carbocycles. The Morgan fingerprint density at radius 3 is 2.85 bits per heavy atom. The molecule has 2 rings (SSSR count). The monoisotopic (exact) mass is 180 g/mol. The van der Waals surface area contributed by atoms with Crippen molar-refractivity contribution in [3.63, 3.8) is 0 Å². The summed E-state index contributed by atoms with van der Waals surface area (Å²) in [7, 11) is 0. The third-order valence-electron chi connectivity index (χ3n) is 3.01. The van der Waals surface area contributed by atoms with Gasteiger partial charge in [0.1, 0.15) is 5.78 Å². The summed E-state index contributed by atoms with van der Waals surface area (Å²) in [6, 6.07) is 0. The van der Waals surface area contributed by atoms with E-state index in [1.807, 2.05) is 12.2 Å². The molecule has 3 atom stereocenters. The van der Waals surface area contributed by atoms with Gasteiger partial charge in [-0.2, -0.15) is 0 Å². The molecule has 1 fully saturated rings. The lowest BCUT2D eigenvalue weighted by atomic mass is 9.70. The summed E-state index contributed by atoms with van der Waals surface area (Å²) >= 11 is 0. The lowest BCUT2D eigenvalue weighted by Gasteiger charge is -2.32. The Kier molecular flexibility index (Phi) is 1.94. The predicted octanol–water partition coefficient (Wildman–Crippen LogP) is 1.24. The molecule has 0 radical (unpaired) electrons. The quantitative estimate of drug-likeness (QED) is 0.618. The van der Waals surface area contributed by atoms with Crippen LogP contribution in [0.4, 0.5) is 0 Å². The topological polar surface area (TPSA) is 54.4 Å². The number of Topliss-reactive ketones (excluding diaryl/α,β-unsaturated/α-hetero) is 1. The molecule has 0 saturated heterocycles. The highest BCUT2D eigenvalue weighted by Gasteiger charge is 2.39. The number of carbonyl (C=O) groups excluding carboxylic acids is 1. The van der Waals surface area contributed by atoms with Crippen molar-refractivity contribution in [3.8, 4) is 0 Å². The Morgan fingerprint density at radius 1 is 1.46 bits per heavy atom. The Morgan fingerprint density at radius 2 is 2.23 bits per heavy atom. The van der Waals surface area contributed by atoms with Crippen LogP contribution in [0.2, 0.25) is 0 Å². The van der Waals surface area contributed by atoms with Crippen molar-refractivity contribution in [3.05, 3.63) is 12.2 Å². The smallest absolute Gasteiger partial charge is 0.306 e. The Bertz CT molecular complexity index is 280. The highest BCUT2D eigenvalue weighted by molar-refractivity contribution is 5.88. The van der Waals surface area contributed by atoms with E-state index in [9.17, 15) is 9.59 Å². The second kappa shape index (κ2) is 2.98. The maximum atomic E-state index is 11.5. The van der Waals surface area contributed by atoms with E-state index in [2.05, 4.69) is 0 Å². The molecule has 0 aromatic rings. The molecule has 0 aliphatic heterocycles. The molecule has 70 valence electrons. The molecular formula is C10H12O3. The lowest BCUT2D eigenvalue weighted by Crippen LogP contribution is -2.36. The number of carboxylic acids is 1. The summed E-state index contributed by atoms with van der Waals surface area (Å²) in [5.74, 6) is -0.950. The van der Waals surface area contributed by atoms with Gasteiger partial charge in [0.05, 0.1) is 5.92 Å². The number of ketones is 1. The number of aliphatic carboxylic acids is 1. The van der Waals surface area contributed by atoms with Crippen LogP contribution < -0.4 is 0 Å². The van der Waals surface area contributed by atoms with Crippen LogP contribution in [-0.4, -0.2) is 16.9 Å². The van der Waals surface area contributed by atoms with Gasteiger partial charge in [-0.25, -0.2) is 0 Å². The number of rotatable bonds is 1. The van der Waals surface area contributed by atoms with Crippen LogP contribution in [0.3, 0.4) is 0 Å². The zero-order valence-corrected chi connectivity index (χ0v) is 7.27. The van der Waals surface area contributed by atoms with Crippen molar-refractivity contribution in [2.24, 2.45) is 17.8 Å². The van der Waals surface area contributed by atoms with Gasteiger partial charge in [-0.05, 0) is 19.3 Å². The van der Waals surface area contributed by atoms with Crippen LogP contribution >= 0.6 is 0 Å². The van der Waals surface area contributed by atoms with Gasteiger partial charge >= 0.3 is 5.97 Å². The van der Waals surface area contributed by atoms with E-state index < -0.39 is 5.97 Å². The van der Waals surface area contributed by atoms with E-state index in [-0.39, 0.29) is 23.5 Å². The van der Waals surface area contributed by atoms with Crippen LogP contribution in [0.15, 0.2) is 12.2 Å². The number of carboxylic acid groups (broad SMARTS) is 1. The Labute approximate surface area is 76.4 Å². The minimum absolute atomic E-state index is 0.0233. The highest BCUT2D eigenvalue weighted by atomic mass is 16.4. The third kappa shape index (κ3) is 1.39. The van der Waals surface area contributed by atoms with Crippen molar-refractivity contribution in [1.82, 2.24) is 0 Å². The molecule has 0 aromatic carbocycles. The summed E-state index contributed by atoms with van der Waals surface area (Å²) < 4.78 is 0. The van der Waals surface area contributed by atoms with Crippen LogP contribution in [0.1, 0.15) is 19.3 Å². The maximum absolute atomic E-state index is 11.5. The van der Waals surface area contributed by atoms with Gasteiger partial charge in [0.25, 0.3) is 0 Å². The fourth-order valence-corrected chi connectivity index (χ4v) is 2.28. The number of carbonyl (C=O) groups is 2. The molecule has 0 aromatic heterocycles. The van der Waals surface area contributed by atoms with E-state index in [4.69, 9.17) is 5.11 Å². The summed E-state index contributed by atoms with van der Waals surface area (Å²) in [6.45, 7) is 0. The Balaban J connectivity index is 2.18. The zero-order chi connectivity index (χ0) is 9.42. The van der Waals surface area contributed by atoms with Crippen LogP contribution in [0.25, 0.3) is 0 Å². The second-order valence-electron chi connectivity index (χ2n) is 3.88. The highest BCUT2D eigenvalue weighted by Crippen LogP contribution is 2.36. The average molecular weight is 180 g/mol. The molecule has 2 aliphatic rings. The fraction of sp³-hybridized carbons (Fsp3) is 0.600. The van der Waals surface area contributed by atoms with Crippen molar-refractivity contribution < 1.29 is 14.7 Å². The SMILES string of the molecule is O=C(O)C1C[C@H]2CC=C[C@@H](C1)C2=O. The molecule has 0 spiro atoms. The predicted molar refractivity (Wildman–Crippen MR) is 46.1 cm³/mol. The van der Waals surface area contributed by atoms with E-state index >= 15 is 0 Å². The van der Waals surface area contributed by atoms with E-state index in [1.165, 1.54) is 0 Å². The number of fused-ring (bicyclic) bond motifs is 2. The summed E-state index contributed by atoms with van der Waals surface area (Å²) in [6.07, 6.45) is 5.65. The first-order valence-corrected chi connectivity index (χ1v) is 4.61. The third-order valence-corrected chi connectivity index (χ3v) is 3.01. The molecule has 2 bridgehead atoms. The molecule has 1 unspecified atom stereocenters. The van der Waals surface area contributed by atoms with Crippen molar-refractivity contribution >= 4 is 11.8 Å². The van der Waals surface area contributed by atoms with Gasteiger partial charge in [0.2, 0.25) is 0 Å². The molecular weight excluding hydrogens is 168 g/mol. The van der Waals surface area contributed by atoms with Gasteiger partial charge < -0.3 is 5.11 Å². The minimum atomic E-state index is -0.752. The van der Waals surface area contributed by atoms with Crippen LogP contribution in [0.5, 0.6) is 0 Å². The number of hydrogen-bond donors (Lipinski definition) is 1. The van der Waals surface area contributed by atoms with Crippen molar-refractivity contribution in [2.45, 2.75) is 19.3 Å². The molecule has 1 N–H and O–H groups in total. The number of hydrogen-bond acceptors (Lipinski definition) is 2. The first kappa shape index (κ1) is 8.48. The zero-order valence-electron chi connectivity index (χ0n) is 7.27. The summed E-state index contributed by atoms with van der Waals surface area (Å²) in [4.78, 5) is 22.3. The summed E-state index contributed by atoms with van der Waals surface area (Å²) in [5.41, 5.74) is 0. The maximum Gasteiger partial charge on any atom is 0.306 e. The normalized spacial score (nSPS) is 37.5. The summed E-state index contributed by atoms with van der Waals surface area (Å²) in [5, 5.41) is 8.84. The van der Waals surface area contributed by atoms with Crippen LogP contribution in [0, 0.1) is 17.8 Å². The second-order valence-corrected chi connectivity index (χ2v) is 3.88. The Hall–Kier alpha value is -1.12. The van der Waals surface area contributed by atoms with Gasteiger partial charge in [0, 0.05) is 11.8 Å². The van der Waals surface area contributed by atoms with Gasteiger partial charge in [-0.1, -0.05) is 12.2 Å². The van der Waals surface area contributed by atoms with Crippen molar-refractivity contribution in [2.75, 3.05) is 0 Å². The van der Waals surface area contributed by atoms with Gasteiger partial charge in [-0.3, -0.25) is 9.59 Å². The largest absolute Gasteiger partial charge is 0.481 e. The molecule has 3 nitrogen and oxygen atoms in total. The minimum Gasteiger partial charge on any atom is -0.481 e. The van der Waals surface area contributed by atoms with E-state index in [0.717, 1.165) is 6.42 Å². The number of allylic oxidation sites excluding steroid dienone is 2. The first-order valence-electron chi connectivity index (χ1n) is 4.61.